The second kappa shape index (κ2) is 9.22. The molecule has 2 heterocycles. The summed E-state index contributed by atoms with van der Waals surface area (Å²) in [6, 6.07) is 7.84. The molecule has 168 valence electrons. The molecule has 0 radical (unpaired) electrons. The minimum Gasteiger partial charge on any atom is -0.741 e. The van der Waals surface area contributed by atoms with E-state index in [1.165, 1.54) is 9.54 Å². The number of benzene rings is 1. The van der Waals surface area contributed by atoms with E-state index in [9.17, 15) is 21.6 Å². The van der Waals surface area contributed by atoms with Crippen LogP contribution in [0.25, 0.3) is 0 Å². The van der Waals surface area contributed by atoms with E-state index in [1.807, 2.05) is 24.3 Å². The van der Waals surface area contributed by atoms with Gasteiger partial charge >= 0.3 is 15.7 Å². The zero-order valence-corrected chi connectivity index (χ0v) is 18.0. The fourth-order valence-corrected chi connectivity index (χ4v) is 4.39. The monoisotopic (exact) mass is 489 g/mol. The Morgan fingerprint density at radius 3 is 2.00 bits per heavy atom. The molecule has 3 rings (SSSR count). The average molecular weight is 490 g/mol. The van der Waals surface area contributed by atoms with E-state index in [1.54, 1.807) is 34.6 Å². The van der Waals surface area contributed by atoms with E-state index in [2.05, 4.69) is 0 Å². The van der Waals surface area contributed by atoms with Crippen LogP contribution in [0.4, 0.5) is 13.2 Å². The molecule has 2 aromatic rings. The van der Waals surface area contributed by atoms with Crippen LogP contribution in [0, 0.1) is 0 Å². The Hall–Kier alpha value is -1.67. The summed E-state index contributed by atoms with van der Waals surface area (Å²) in [4.78, 5) is 0. The zero-order valence-electron chi connectivity index (χ0n) is 15.7. The molecule has 30 heavy (non-hydrogen) atoms. The van der Waals surface area contributed by atoms with Crippen LogP contribution in [0.1, 0.15) is 24.3 Å². The highest BCUT2D eigenvalue weighted by Gasteiger charge is 2.37. The maximum atomic E-state index is 12.5. The van der Waals surface area contributed by atoms with Crippen molar-refractivity contribution >= 4 is 31.9 Å². The third-order valence-corrected chi connectivity index (χ3v) is 7.00. The molecule has 1 saturated heterocycles. The number of nitrogens with zero attached hydrogens (tertiary/aromatic N) is 3. The smallest absolute Gasteiger partial charge is 0.485 e. The average Bonchev–Trinajstić information content (AvgIpc) is 3.09. The van der Waals surface area contributed by atoms with Crippen molar-refractivity contribution in [2.45, 2.75) is 24.3 Å². The third-order valence-electron chi connectivity index (χ3n) is 4.42. The standard InChI is InChI=1S/C15H19ClN3O2S.CHF3O3S/c1-17-10-11-19(12-17)22(20,21)18-8-6-14(7-9-18)13-2-4-15(16)5-3-13;2-1(3,4)8(5,6)7/h2-5,10-12,14H,6-9H2,1H3;(H,5,6,7)/q+1;/p-1. The molecule has 1 fully saturated rings. The molecule has 0 aliphatic carbocycles. The first-order valence-electron chi connectivity index (χ1n) is 8.53. The fourth-order valence-electron chi connectivity index (χ4n) is 2.85. The van der Waals surface area contributed by atoms with E-state index in [0.717, 1.165) is 17.9 Å². The Bertz CT molecular complexity index is 1060. The molecule has 14 heteroatoms. The van der Waals surface area contributed by atoms with Gasteiger partial charge in [0.25, 0.3) is 6.33 Å². The molecule has 1 aromatic heterocycles. The van der Waals surface area contributed by atoms with Crippen molar-refractivity contribution in [1.29, 1.82) is 0 Å². The van der Waals surface area contributed by atoms with Crippen LogP contribution in [-0.4, -0.2) is 48.3 Å². The predicted molar refractivity (Wildman–Crippen MR) is 101 cm³/mol. The van der Waals surface area contributed by atoms with E-state index in [4.69, 9.17) is 24.6 Å². The summed E-state index contributed by atoms with van der Waals surface area (Å²) in [6.07, 6.45) is 6.52. The molecule has 0 unspecified atom stereocenters. The van der Waals surface area contributed by atoms with Crippen molar-refractivity contribution < 1.29 is 39.1 Å². The lowest BCUT2D eigenvalue weighted by atomic mass is 9.90. The molecular weight excluding hydrogens is 471 g/mol. The van der Waals surface area contributed by atoms with Gasteiger partial charge in [0.15, 0.2) is 10.1 Å². The van der Waals surface area contributed by atoms with Gasteiger partial charge in [-0.2, -0.15) is 25.9 Å². The maximum Gasteiger partial charge on any atom is 0.485 e. The van der Waals surface area contributed by atoms with Gasteiger partial charge in [0.2, 0.25) is 0 Å². The number of aromatic nitrogens is 2. The lowest BCUT2D eigenvalue weighted by Gasteiger charge is -2.29. The molecule has 1 aliphatic heterocycles. The van der Waals surface area contributed by atoms with Crippen LogP contribution in [-0.2, 0) is 27.4 Å². The molecule has 1 aromatic carbocycles. The highest BCUT2D eigenvalue weighted by molar-refractivity contribution is 7.87. The maximum absolute atomic E-state index is 12.5. The molecule has 0 atom stereocenters. The third kappa shape index (κ3) is 6.17. The highest BCUT2D eigenvalue weighted by atomic mass is 35.5. The fraction of sp³-hybridized carbons (Fsp3) is 0.438. The van der Waals surface area contributed by atoms with Crippen molar-refractivity contribution in [2.24, 2.45) is 7.05 Å². The molecule has 0 bridgehead atoms. The van der Waals surface area contributed by atoms with Gasteiger partial charge < -0.3 is 4.55 Å². The molecule has 0 spiro atoms. The number of imidazole rings is 1. The van der Waals surface area contributed by atoms with Crippen LogP contribution in [0.2, 0.25) is 5.02 Å². The minimum atomic E-state index is -6.09. The number of alkyl halides is 3. The van der Waals surface area contributed by atoms with Crippen LogP contribution in [0.5, 0.6) is 0 Å². The van der Waals surface area contributed by atoms with Crippen molar-refractivity contribution in [3.05, 3.63) is 53.6 Å². The predicted octanol–water partition coefficient (Wildman–Crippen LogP) is 1.99. The summed E-state index contributed by atoms with van der Waals surface area (Å²) in [5.41, 5.74) is -4.42. The van der Waals surface area contributed by atoms with Gasteiger partial charge in [-0.25, -0.2) is 13.0 Å². The Balaban J connectivity index is 0.000000343. The summed E-state index contributed by atoms with van der Waals surface area (Å²) in [7, 11) is -7.73. The topological polar surface area (TPSA) is 103 Å². The molecule has 1 aliphatic rings. The molecule has 0 amide bonds. The van der Waals surface area contributed by atoms with Crippen LogP contribution < -0.4 is 4.57 Å². The first-order valence-corrected chi connectivity index (χ1v) is 11.7. The number of halogens is 4. The van der Waals surface area contributed by atoms with Gasteiger partial charge in [0, 0.05) is 18.1 Å². The number of piperidine rings is 1. The summed E-state index contributed by atoms with van der Waals surface area (Å²) in [5, 5.41) is 0.726. The number of hydrogen-bond donors (Lipinski definition) is 0. The number of hydrogen-bond acceptors (Lipinski definition) is 5. The van der Waals surface area contributed by atoms with E-state index >= 15 is 0 Å². The molecular formula is C16H19ClF3N3O5S2. The normalized spacial score (nSPS) is 16.7. The van der Waals surface area contributed by atoms with Gasteiger partial charge in [0.05, 0.1) is 7.05 Å². The van der Waals surface area contributed by atoms with Gasteiger partial charge in [-0.1, -0.05) is 23.7 Å². The lowest BCUT2D eigenvalue weighted by Crippen LogP contribution is -2.41. The van der Waals surface area contributed by atoms with Gasteiger partial charge in [-0.05, 0) is 36.5 Å². The van der Waals surface area contributed by atoms with Crippen molar-refractivity contribution in [3.63, 3.8) is 0 Å². The van der Waals surface area contributed by atoms with E-state index < -0.39 is 25.8 Å². The number of aryl methyl sites for hydroxylation is 1. The van der Waals surface area contributed by atoms with E-state index in [0.29, 0.717) is 19.0 Å². The Morgan fingerprint density at radius 1 is 1.10 bits per heavy atom. The van der Waals surface area contributed by atoms with Crippen molar-refractivity contribution in [2.75, 3.05) is 13.1 Å². The quantitative estimate of drug-likeness (QED) is 0.372. The van der Waals surface area contributed by atoms with Crippen molar-refractivity contribution in [1.82, 2.24) is 8.28 Å². The Morgan fingerprint density at radius 2 is 1.60 bits per heavy atom. The van der Waals surface area contributed by atoms with Gasteiger partial charge in [-0.15, -0.1) is 3.97 Å². The molecule has 0 saturated carbocycles. The zero-order chi connectivity index (χ0) is 22.7. The highest BCUT2D eigenvalue weighted by Crippen LogP contribution is 2.30. The van der Waals surface area contributed by atoms with Crippen LogP contribution >= 0.6 is 11.6 Å². The summed E-state index contributed by atoms with van der Waals surface area (Å²) in [5.74, 6) is 0.393. The Kier molecular flexibility index (Phi) is 7.56. The second-order valence-corrected chi connectivity index (χ2v) is 10.2. The Labute approximate surface area is 177 Å². The summed E-state index contributed by atoms with van der Waals surface area (Å²) >= 11 is 5.91. The first kappa shape index (κ1) is 24.6. The van der Waals surface area contributed by atoms with Gasteiger partial charge in [-0.3, -0.25) is 0 Å². The SMILES string of the molecule is C[n+]1ccn(S(=O)(=O)N2CCC(c3ccc(Cl)cc3)CC2)c1.O=S(=O)([O-])C(F)(F)F. The van der Waals surface area contributed by atoms with E-state index in [-0.39, 0.29) is 0 Å². The van der Waals surface area contributed by atoms with Crippen LogP contribution in [0.15, 0.2) is 43.0 Å². The largest absolute Gasteiger partial charge is 0.741 e. The van der Waals surface area contributed by atoms with Crippen molar-refractivity contribution in [3.8, 4) is 0 Å². The second-order valence-electron chi connectivity index (χ2n) is 6.54. The minimum absolute atomic E-state index is 0.393. The molecule has 8 nitrogen and oxygen atoms in total. The summed E-state index contributed by atoms with van der Waals surface area (Å²) < 4.78 is 88.5. The number of rotatable bonds is 3. The first-order chi connectivity index (χ1) is 13.7. The molecule has 0 N–H and O–H groups in total. The van der Waals surface area contributed by atoms with Crippen LogP contribution in [0.3, 0.4) is 0 Å². The lowest BCUT2D eigenvalue weighted by molar-refractivity contribution is -0.670. The van der Waals surface area contributed by atoms with Gasteiger partial charge in [0.1, 0.15) is 12.4 Å². The summed E-state index contributed by atoms with van der Waals surface area (Å²) in [6.45, 7) is 1.08.